The number of hydrazone groups is 1. The smallest absolute Gasteiger partial charge is 0.205 e. The number of nitrogen functional groups attached to an aromatic ring is 1. The Morgan fingerprint density at radius 1 is 1.53 bits per heavy atom. The minimum Gasteiger partial charge on any atom is -0.383 e. The van der Waals surface area contributed by atoms with Gasteiger partial charge in [0.05, 0.1) is 11.2 Å². The summed E-state index contributed by atoms with van der Waals surface area (Å²) in [6, 6.07) is 4.44. The van der Waals surface area contributed by atoms with Crippen molar-refractivity contribution in [3.63, 3.8) is 0 Å². The van der Waals surface area contributed by atoms with Crippen LogP contribution in [0.25, 0.3) is 0 Å². The van der Waals surface area contributed by atoms with E-state index in [1.165, 1.54) is 29.7 Å². The van der Waals surface area contributed by atoms with Gasteiger partial charge in [-0.3, -0.25) is 5.43 Å². The number of halogens is 2. The van der Waals surface area contributed by atoms with Crippen molar-refractivity contribution in [3.05, 3.63) is 40.0 Å². The van der Waals surface area contributed by atoms with Gasteiger partial charge in [0.15, 0.2) is 0 Å². The minimum absolute atomic E-state index is 0.228. The van der Waals surface area contributed by atoms with Crippen LogP contribution in [0.5, 0.6) is 0 Å². The van der Waals surface area contributed by atoms with E-state index >= 15 is 0 Å². The highest BCUT2D eigenvalue weighted by atomic mass is 35.5. The minimum atomic E-state index is -0.429. The van der Waals surface area contributed by atoms with E-state index < -0.39 is 5.82 Å². The number of rotatable bonds is 3. The number of hydrogen-bond acceptors (Lipinski definition) is 5. The molecule has 0 bridgehead atoms. The van der Waals surface area contributed by atoms with Crippen molar-refractivity contribution in [1.29, 1.82) is 0 Å². The number of thiazole rings is 1. The maximum absolute atomic E-state index is 13.3. The molecular weight excluding hydrogens is 263 g/mol. The van der Waals surface area contributed by atoms with E-state index in [0.717, 1.165) is 0 Å². The molecule has 0 aliphatic rings. The second-order valence-electron chi connectivity index (χ2n) is 3.08. The van der Waals surface area contributed by atoms with Gasteiger partial charge in [-0.15, -0.1) is 11.3 Å². The Kier molecular flexibility index (Phi) is 3.55. The van der Waals surface area contributed by atoms with Crippen LogP contribution in [0.4, 0.5) is 15.3 Å². The molecule has 0 radical (unpaired) electrons. The highest BCUT2D eigenvalue weighted by molar-refractivity contribution is 7.14. The van der Waals surface area contributed by atoms with Crippen molar-refractivity contribution >= 4 is 40.1 Å². The van der Waals surface area contributed by atoms with Gasteiger partial charge in [-0.05, 0) is 12.1 Å². The summed E-state index contributed by atoms with van der Waals surface area (Å²) >= 11 is 7.13. The largest absolute Gasteiger partial charge is 0.383 e. The van der Waals surface area contributed by atoms with Crippen LogP contribution >= 0.6 is 22.9 Å². The fourth-order valence-corrected chi connectivity index (χ4v) is 1.88. The number of nitrogens with zero attached hydrogens (tertiary/aromatic N) is 2. The van der Waals surface area contributed by atoms with Crippen LogP contribution in [-0.4, -0.2) is 11.2 Å². The number of hydrogen-bond donors (Lipinski definition) is 2. The van der Waals surface area contributed by atoms with E-state index in [2.05, 4.69) is 15.5 Å². The zero-order valence-corrected chi connectivity index (χ0v) is 10.1. The van der Waals surface area contributed by atoms with Crippen LogP contribution in [-0.2, 0) is 0 Å². The summed E-state index contributed by atoms with van der Waals surface area (Å²) in [5, 5.41) is 6.35. The zero-order chi connectivity index (χ0) is 12.3. The van der Waals surface area contributed by atoms with Gasteiger partial charge < -0.3 is 5.73 Å². The van der Waals surface area contributed by atoms with Gasteiger partial charge in [-0.1, -0.05) is 17.7 Å². The SMILES string of the molecule is Nc1csc(NN=Cc2c(F)cccc2Cl)n1. The molecule has 1 heterocycles. The van der Waals surface area contributed by atoms with Crippen LogP contribution < -0.4 is 11.2 Å². The predicted molar refractivity (Wildman–Crippen MR) is 69.2 cm³/mol. The average molecular weight is 271 g/mol. The second-order valence-corrected chi connectivity index (χ2v) is 4.35. The summed E-state index contributed by atoms with van der Waals surface area (Å²) in [6.45, 7) is 0. The first-order valence-corrected chi connectivity index (χ1v) is 5.86. The van der Waals surface area contributed by atoms with E-state index in [9.17, 15) is 4.39 Å². The second kappa shape index (κ2) is 5.11. The topological polar surface area (TPSA) is 63.3 Å². The van der Waals surface area contributed by atoms with Gasteiger partial charge >= 0.3 is 0 Å². The third-order valence-corrected chi connectivity index (χ3v) is 2.97. The average Bonchev–Trinajstić information content (AvgIpc) is 2.69. The van der Waals surface area contributed by atoms with E-state index in [1.54, 1.807) is 11.4 Å². The molecule has 0 aliphatic heterocycles. The Hall–Kier alpha value is -1.66. The summed E-state index contributed by atoms with van der Waals surface area (Å²) in [5.41, 5.74) is 8.30. The molecule has 2 rings (SSSR count). The standard InChI is InChI=1S/C10H8ClFN4S/c11-7-2-1-3-8(12)6(7)4-14-16-10-15-9(13)5-17-10/h1-5H,13H2,(H,15,16). The zero-order valence-electron chi connectivity index (χ0n) is 8.52. The van der Waals surface area contributed by atoms with Crippen LogP contribution in [0.15, 0.2) is 28.7 Å². The van der Waals surface area contributed by atoms with Crippen molar-refractivity contribution in [2.75, 3.05) is 11.2 Å². The van der Waals surface area contributed by atoms with Gasteiger partial charge in [0.1, 0.15) is 11.6 Å². The van der Waals surface area contributed by atoms with Crippen molar-refractivity contribution in [2.24, 2.45) is 5.10 Å². The van der Waals surface area contributed by atoms with Gasteiger partial charge in [0.2, 0.25) is 5.13 Å². The van der Waals surface area contributed by atoms with Crippen molar-refractivity contribution in [3.8, 4) is 0 Å². The lowest BCUT2D eigenvalue weighted by molar-refractivity contribution is 0.626. The Balaban J connectivity index is 2.10. The van der Waals surface area contributed by atoms with Gasteiger partial charge in [0.25, 0.3) is 0 Å². The lowest BCUT2D eigenvalue weighted by atomic mass is 10.2. The maximum Gasteiger partial charge on any atom is 0.205 e. The molecule has 0 unspecified atom stereocenters. The van der Waals surface area contributed by atoms with Crippen LogP contribution in [0.1, 0.15) is 5.56 Å². The molecule has 0 amide bonds. The van der Waals surface area contributed by atoms with Crippen LogP contribution in [0.2, 0.25) is 5.02 Å². The molecule has 4 nitrogen and oxygen atoms in total. The molecule has 2 aromatic rings. The van der Waals surface area contributed by atoms with E-state index in [-0.39, 0.29) is 5.56 Å². The number of nitrogens with two attached hydrogens (primary N) is 1. The lowest BCUT2D eigenvalue weighted by Crippen LogP contribution is -1.94. The van der Waals surface area contributed by atoms with Gasteiger partial charge in [-0.2, -0.15) is 5.10 Å². The third kappa shape index (κ3) is 2.92. The Morgan fingerprint density at radius 2 is 2.35 bits per heavy atom. The number of benzene rings is 1. The molecule has 0 saturated carbocycles. The molecule has 7 heteroatoms. The lowest BCUT2D eigenvalue weighted by Gasteiger charge is -1.98. The molecule has 1 aromatic carbocycles. The molecule has 3 N–H and O–H groups in total. The van der Waals surface area contributed by atoms with Crippen molar-refractivity contribution in [1.82, 2.24) is 4.98 Å². The molecule has 1 aromatic heterocycles. The summed E-state index contributed by atoms with van der Waals surface area (Å²) in [7, 11) is 0. The summed E-state index contributed by atoms with van der Waals surface area (Å²) in [5.74, 6) is -0.0154. The molecule has 17 heavy (non-hydrogen) atoms. The van der Waals surface area contributed by atoms with Crippen LogP contribution in [0, 0.1) is 5.82 Å². The molecule has 0 spiro atoms. The quantitative estimate of drug-likeness (QED) is 0.666. The highest BCUT2D eigenvalue weighted by Gasteiger charge is 2.03. The Bertz CT molecular complexity index is 535. The number of anilines is 2. The predicted octanol–water partition coefficient (Wildman–Crippen LogP) is 2.96. The normalized spacial score (nSPS) is 10.9. The maximum atomic E-state index is 13.3. The van der Waals surface area contributed by atoms with Gasteiger partial charge in [0, 0.05) is 10.9 Å². The molecule has 0 aliphatic carbocycles. The third-order valence-electron chi connectivity index (χ3n) is 1.88. The van der Waals surface area contributed by atoms with Gasteiger partial charge in [-0.25, -0.2) is 9.37 Å². The molecule has 88 valence electrons. The monoisotopic (exact) mass is 270 g/mol. The van der Waals surface area contributed by atoms with Crippen molar-refractivity contribution < 1.29 is 4.39 Å². The first kappa shape index (κ1) is 11.8. The summed E-state index contributed by atoms with van der Waals surface area (Å²) in [4.78, 5) is 3.93. The summed E-state index contributed by atoms with van der Waals surface area (Å²) in [6.07, 6.45) is 1.30. The van der Waals surface area contributed by atoms with E-state index in [4.69, 9.17) is 17.3 Å². The highest BCUT2D eigenvalue weighted by Crippen LogP contribution is 2.18. The first-order valence-electron chi connectivity index (χ1n) is 4.61. The van der Waals surface area contributed by atoms with E-state index in [0.29, 0.717) is 16.0 Å². The molecule has 0 atom stereocenters. The van der Waals surface area contributed by atoms with Crippen LogP contribution in [0.3, 0.4) is 0 Å². The number of nitrogens with one attached hydrogen (secondary N) is 1. The number of aromatic nitrogens is 1. The molecule has 0 saturated heterocycles. The fourth-order valence-electron chi connectivity index (χ4n) is 1.12. The van der Waals surface area contributed by atoms with Crippen molar-refractivity contribution in [2.45, 2.75) is 0 Å². The molecule has 0 fully saturated rings. The Labute approximate surface area is 106 Å². The first-order chi connectivity index (χ1) is 8.16. The van der Waals surface area contributed by atoms with E-state index in [1.807, 2.05) is 0 Å². The fraction of sp³-hybridized carbons (Fsp3) is 0. The molecular formula is C10H8ClFN4S. The Morgan fingerprint density at radius 3 is 3.00 bits per heavy atom. The summed E-state index contributed by atoms with van der Waals surface area (Å²) < 4.78 is 13.3.